The van der Waals surface area contributed by atoms with E-state index < -0.39 is 7.26 Å². The molecule has 0 aliphatic carbocycles. The van der Waals surface area contributed by atoms with Crippen LogP contribution in [0.15, 0.2) is 111 Å². The molecule has 189 valence electrons. The molecule has 3 aromatic carbocycles. The van der Waals surface area contributed by atoms with E-state index in [4.69, 9.17) is 25.3 Å². The second kappa shape index (κ2) is 14.8. The summed E-state index contributed by atoms with van der Waals surface area (Å²) in [5.74, 6) is 0. The number of amidine groups is 2. The smallest absolute Gasteiger partial charge is 0.741 e. The Hall–Kier alpha value is -2.67. The summed E-state index contributed by atoms with van der Waals surface area (Å²) in [6, 6.07) is 31.8. The van der Waals surface area contributed by atoms with Gasteiger partial charge in [0.15, 0.2) is 0 Å². The van der Waals surface area contributed by atoms with Gasteiger partial charge < -0.3 is 35.9 Å². The van der Waals surface area contributed by atoms with Gasteiger partial charge in [0.05, 0.1) is 11.4 Å². The van der Waals surface area contributed by atoms with Crippen LogP contribution in [0, 0.1) is 0 Å². The molecule has 0 aliphatic rings. The molecule has 0 amide bonds. The number of rotatable bonds is 8. The Bertz CT molecular complexity index is 1120. The van der Waals surface area contributed by atoms with Crippen molar-refractivity contribution in [1.29, 1.82) is 0 Å². The molecule has 0 saturated carbocycles. The maximum atomic E-state index is 5.54. The molecule has 0 heterocycles. The van der Waals surface area contributed by atoms with E-state index in [1.165, 1.54) is 15.9 Å². The molecule has 10 heteroatoms. The molecule has 0 spiro atoms. The summed E-state index contributed by atoms with van der Waals surface area (Å²) in [6.07, 6.45) is 0.612. The molecule has 0 fully saturated rings. The van der Waals surface area contributed by atoms with Crippen molar-refractivity contribution < 1.29 is 17.1 Å². The summed E-state index contributed by atoms with van der Waals surface area (Å²) in [6.45, 7) is 3.60. The summed E-state index contributed by atoms with van der Waals surface area (Å²) in [5.41, 5.74) is 1.21. The molecule has 0 saturated heterocycles. The first kappa shape index (κ1) is 29.6. The number of nitrogens with one attached hydrogen (secondary N) is 2. The van der Waals surface area contributed by atoms with Crippen LogP contribution in [0.5, 0.6) is 0 Å². The van der Waals surface area contributed by atoms with E-state index in [0.717, 1.165) is 0 Å². The molecule has 0 aromatic heterocycles. The van der Waals surface area contributed by atoms with Gasteiger partial charge in [-0.15, -0.1) is 0 Å². The zero-order valence-electron chi connectivity index (χ0n) is 20.2. The first-order valence-electron chi connectivity index (χ1n) is 11.0. The van der Waals surface area contributed by atoms with E-state index in [-0.39, 0.29) is 17.1 Å². The minimum Gasteiger partial charge on any atom is -0.741 e. The van der Waals surface area contributed by atoms with Crippen molar-refractivity contribution in [1.82, 2.24) is 10.6 Å². The molecule has 0 bridgehead atoms. The Kier molecular flexibility index (Phi) is 12.1. The average Bonchev–Trinajstić information content (AvgIpc) is 2.92. The van der Waals surface area contributed by atoms with Crippen LogP contribution in [0.1, 0.15) is 13.8 Å². The van der Waals surface area contributed by atoms with Crippen molar-refractivity contribution >= 4 is 70.2 Å². The maximum Gasteiger partial charge on any atom is 2.00 e. The van der Waals surface area contributed by atoms with E-state index in [1.54, 1.807) is 20.9 Å². The van der Waals surface area contributed by atoms with Gasteiger partial charge in [-0.2, -0.15) is 20.4 Å². The summed E-state index contributed by atoms with van der Waals surface area (Å²) >= 11 is 10.5. The van der Waals surface area contributed by atoms with Gasteiger partial charge >= 0.3 is 17.1 Å². The molecular weight excluding hydrogens is 555 g/mol. The second-order valence-corrected chi connectivity index (χ2v) is 11.8. The maximum absolute atomic E-state index is 5.54. The largest absolute Gasteiger partial charge is 2.00 e. The van der Waals surface area contributed by atoms with Gasteiger partial charge in [0, 0.05) is 12.2 Å². The fourth-order valence-corrected chi connectivity index (χ4v) is 7.56. The molecule has 0 unspecified atom stereocenters. The van der Waals surface area contributed by atoms with Crippen LogP contribution in [0.25, 0.3) is 0 Å². The number of hydrogen-bond donors (Lipinski definition) is 2. The van der Waals surface area contributed by atoms with Crippen LogP contribution in [-0.4, -0.2) is 35.1 Å². The van der Waals surface area contributed by atoms with Gasteiger partial charge in [-0.3, -0.25) is 0 Å². The third kappa shape index (κ3) is 7.66. The zero-order valence-corrected chi connectivity index (χ0v) is 23.7. The van der Waals surface area contributed by atoms with Crippen molar-refractivity contribution in [2.24, 2.45) is 20.4 Å². The predicted molar refractivity (Wildman–Crippen MR) is 158 cm³/mol. The third-order valence-electron chi connectivity index (χ3n) is 5.38. The molecule has 1 radical (unpaired) electrons. The predicted octanol–water partition coefficient (Wildman–Crippen LogP) is 3.30. The molecule has 6 nitrogen and oxygen atoms in total. The van der Waals surface area contributed by atoms with Crippen LogP contribution in [0.3, 0.4) is 0 Å². The van der Waals surface area contributed by atoms with E-state index >= 15 is 0 Å². The van der Waals surface area contributed by atoms with Gasteiger partial charge in [-0.05, 0) is 55.4 Å². The number of benzene rings is 3. The fourth-order valence-electron chi connectivity index (χ4n) is 3.43. The summed E-state index contributed by atoms with van der Waals surface area (Å²) in [5, 5.41) is 27.0. The van der Waals surface area contributed by atoms with Gasteiger partial charge in [0.25, 0.3) is 0 Å². The first-order chi connectivity index (χ1) is 17.0. The average molecular weight is 583 g/mol. The second-order valence-electron chi connectivity index (χ2n) is 7.58. The topological polar surface area (TPSA) is 73.5 Å². The minimum absolute atomic E-state index is 0. The molecule has 3 aromatic rings. The molecule has 3 rings (SSSR count). The Balaban J connectivity index is 0.00000456. The van der Waals surface area contributed by atoms with E-state index in [0.29, 0.717) is 28.0 Å². The number of nitrogens with zero attached hydrogens (tertiary/aromatic N) is 4. The zero-order chi connectivity index (χ0) is 25.1. The quantitative estimate of drug-likeness (QED) is 0.107. The summed E-state index contributed by atoms with van der Waals surface area (Å²) in [4.78, 5) is 0. The first-order valence-corrected chi connectivity index (χ1v) is 13.8. The van der Waals surface area contributed by atoms with E-state index in [1.807, 2.05) is 18.2 Å². The molecule has 36 heavy (non-hydrogen) atoms. The van der Waals surface area contributed by atoms with Gasteiger partial charge in [-0.25, -0.2) is 0 Å². The third-order valence-corrected chi connectivity index (χ3v) is 10.1. The molecule has 0 atom stereocenters. The fraction of sp³-hybridized carbons (Fsp3) is 0.154. The van der Waals surface area contributed by atoms with Crippen molar-refractivity contribution in [3.05, 3.63) is 91.0 Å². The van der Waals surface area contributed by atoms with Crippen molar-refractivity contribution in [2.45, 2.75) is 13.8 Å². The Morgan fingerprint density at radius 3 is 1.36 bits per heavy atom. The van der Waals surface area contributed by atoms with E-state index in [9.17, 15) is 0 Å². The van der Waals surface area contributed by atoms with Crippen LogP contribution in [-0.2, 0) is 42.3 Å². The van der Waals surface area contributed by atoms with E-state index in [2.05, 4.69) is 104 Å². The van der Waals surface area contributed by atoms with Crippen molar-refractivity contribution in [2.75, 3.05) is 13.3 Å². The number of hydrogen-bond acceptors (Lipinski definition) is 6. The Labute approximate surface area is 235 Å². The van der Waals surface area contributed by atoms with Crippen LogP contribution in [0.2, 0.25) is 0 Å². The van der Waals surface area contributed by atoms with Gasteiger partial charge in [-0.1, -0.05) is 54.6 Å². The van der Waals surface area contributed by atoms with Crippen LogP contribution >= 0.6 is 7.26 Å². The van der Waals surface area contributed by atoms with Gasteiger partial charge in [0.1, 0.15) is 29.5 Å². The summed E-state index contributed by atoms with van der Waals surface area (Å²) < 4.78 is 0. The minimum atomic E-state index is -2.07. The normalized spacial score (nSPS) is 13.1. The van der Waals surface area contributed by atoms with Crippen LogP contribution < -0.4 is 26.5 Å². The standard InChI is InChI=1S/C26H29N6PS2.Cu/c1-20(29-31-25(34)27-3)21(2)30-32-26(35)28-19-33(22-13-7-4-8-14-22,23-15-9-5-10-16-23)24-17-11-6-12-18-24;/h4-18H,19H2,1-3H3,(H3-,27,28,29,30,31,32,34,35);/q;+2/p-1. The molecule has 2 N–H and O–H groups in total. The molecular formula is C26H28CuN6PS2+. The Morgan fingerprint density at radius 1 is 0.639 bits per heavy atom. The SMILES string of the molecule is CN/C([S-])=N/N=C(C)/C(C)=N/N=C(\[S-])NC[P+](c1ccccc1)(c1ccccc1)c1ccccc1.[Cu+2]. The Morgan fingerprint density at radius 2 is 1.00 bits per heavy atom. The summed E-state index contributed by atoms with van der Waals surface area (Å²) in [7, 11) is -0.371. The molecule has 0 aliphatic heterocycles. The van der Waals surface area contributed by atoms with Crippen molar-refractivity contribution in [3.63, 3.8) is 0 Å². The van der Waals surface area contributed by atoms with Crippen molar-refractivity contribution in [3.8, 4) is 0 Å². The van der Waals surface area contributed by atoms with Crippen LogP contribution in [0.4, 0.5) is 0 Å². The van der Waals surface area contributed by atoms with Gasteiger partial charge in [0.2, 0.25) is 0 Å². The monoisotopic (exact) mass is 582 g/mol.